The molecule has 0 unspecified atom stereocenters. The van der Waals surface area contributed by atoms with Gasteiger partial charge in [-0.1, -0.05) is 18.6 Å². The topological polar surface area (TPSA) is 17.8 Å². The van der Waals surface area contributed by atoms with Gasteiger partial charge >= 0.3 is 0 Å². The first-order chi connectivity index (χ1) is 11.2. The summed E-state index contributed by atoms with van der Waals surface area (Å²) in [4.78, 5) is 4.27. The van der Waals surface area contributed by atoms with Crippen molar-refractivity contribution < 1.29 is 4.39 Å². The maximum Gasteiger partial charge on any atom is 0.132 e. The zero-order chi connectivity index (χ0) is 15.8. The summed E-state index contributed by atoms with van der Waals surface area (Å²) in [5.41, 5.74) is 3.54. The van der Waals surface area contributed by atoms with E-state index in [1.165, 1.54) is 18.4 Å². The van der Waals surface area contributed by atoms with Crippen molar-refractivity contribution >= 4 is 10.9 Å². The second-order valence-electron chi connectivity index (χ2n) is 6.65. The van der Waals surface area contributed by atoms with Crippen molar-refractivity contribution in [1.29, 1.82) is 0 Å². The van der Waals surface area contributed by atoms with Gasteiger partial charge in [0.1, 0.15) is 5.82 Å². The number of nitrogens with zero attached hydrogens (tertiary/aromatic N) is 2. The number of aryl methyl sites for hydroxylation is 1. The van der Waals surface area contributed by atoms with Gasteiger partial charge in [-0.25, -0.2) is 4.39 Å². The van der Waals surface area contributed by atoms with Gasteiger partial charge in [-0.3, -0.25) is 4.98 Å². The first-order valence-electron chi connectivity index (χ1n) is 8.39. The van der Waals surface area contributed by atoms with Crippen molar-refractivity contribution in [2.45, 2.75) is 44.6 Å². The fraction of sp³-hybridized carbons (Fsp3) is 0.350. The Labute approximate surface area is 136 Å². The Hall–Kier alpha value is -2.16. The van der Waals surface area contributed by atoms with E-state index in [1.54, 1.807) is 6.07 Å². The molecule has 0 N–H and O–H groups in total. The molecule has 1 saturated carbocycles. The molecule has 0 aliphatic heterocycles. The first-order valence-corrected chi connectivity index (χ1v) is 8.39. The number of hydrogen-bond donors (Lipinski definition) is 0. The molecule has 0 bridgehead atoms. The predicted octanol–water partition coefficient (Wildman–Crippen LogP) is 5.38. The molecule has 3 aromatic rings. The Kier molecular flexibility index (Phi) is 3.64. The van der Waals surface area contributed by atoms with Crippen LogP contribution >= 0.6 is 0 Å². The third-order valence-electron chi connectivity index (χ3n) is 5.22. The van der Waals surface area contributed by atoms with E-state index in [-0.39, 0.29) is 5.82 Å². The van der Waals surface area contributed by atoms with Crippen molar-refractivity contribution in [3.63, 3.8) is 0 Å². The molecular formula is C20H21FN2. The molecule has 0 saturated heterocycles. The highest BCUT2D eigenvalue weighted by Gasteiger charge is 2.25. The molecule has 2 nitrogen and oxygen atoms in total. The summed E-state index contributed by atoms with van der Waals surface area (Å²) < 4.78 is 16.4. The molecule has 1 aliphatic rings. The van der Waals surface area contributed by atoms with E-state index in [9.17, 15) is 4.39 Å². The van der Waals surface area contributed by atoms with Gasteiger partial charge in [0.05, 0.1) is 5.52 Å². The Bertz CT molecular complexity index is 822. The Morgan fingerprint density at radius 3 is 2.91 bits per heavy atom. The SMILES string of the molecule is Cc1ccc(F)c2ccn([C@@H]3CCC[C@H](c4cccnc4)C3)c12. The lowest BCUT2D eigenvalue weighted by Gasteiger charge is -2.31. The lowest BCUT2D eigenvalue weighted by Crippen LogP contribution is -2.18. The average molecular weight is 308 g/mol. The van der Waals surface area contributed by atoms with Gasteiger partial charge in [0, 0.05) is 30.0 Å². The summed E-state index contributed by atoms with van der Waals surface area (Å²) in [6.07, 6.45) is 10.6. The summed E-state index contributed by atoms with van der Waals surface area (Å²) in [6, 6.07) is 10.0. The van der Waals surface area contributed by atoms with Crippen molar-refractivity contribution in [3.05, 3.63) is 65.9 Å². The Balaban J connectivity index is 1.70. The van der Waals surface area contributed by atoms with Crippen LogP contribution in [0.15, 0.2) is 48.9 Å². The normalized spacial score (nSPS) is 21.7. The highest BCUT2D eigenvalue weighted by atomic mass is 19.1. The van der Waals surface area contributed by atoms with E-state index in [4.69, 9.17) is 0 Å². The van der Waals surface area contributed by atoms with Crippen molar-refractivity contribution in [2.24, 2.45) is 0 Å². The maximum absolute atomic E-state index is 14.1. The van der Waals surface area contributed by atoms with Crippen molar-refractivity contribution in [2.75, 3.05) is 0 Å². The second-order valence-corrected chi connectivity index (χ2v) is 6.65. The zero-order valence-corrected chi connectivity index (χ0v) is 13.4. The molecule has 23 heavy (non-hydrogen) atoms. The fourth-order valence-corrected chi connectivity index (χ4v) is 4.06. The monoisotopic (exact) mass is 308 g/mol. The van der Waals surface area contributed by atoms with E-state index in [0.29, 0.717) is 12.0 Å². The van der Waals surface area contributed by atoms with Gasteiger partial charge in [0.2, 0.25) is 0 Å². The number of benzene rings is 1. The van der Waals surface area contributed by atoms with Crippen LogP contribution in [0, 0.1) is 12.7 Å². The maximum atomic E-state index is 14.1. The van der Waals surface area contributed by atoms with Crippen LogP contribution in [-0.4, -0.2) is 9.55 Å². The Morgan fingerprint density at radius 1 is 1.17 bits per heavy atom. The molecule has 1 aromatic carbocycles. The molecular weight excluding hydrogens is 287 g/mol. The molecule has 2 aromatic heterocycles. The third kappa shape index (κ3) is 2.54. The van der Waals surface area contributed by atoms with Gasteiger partial charge in [0.25, 0.3) is 0 Å². The quantitative estimate of drug-likeness (QED) is 0.621. The number of halogens is 1. The van der Waals surface area contributed by atoms with Crippen molar-refractivity contribution in [3.8, 4) is 0 Å². The third-order valence-corrected chi connectivity index (χ3v) is 5.22. The number of pyridine rings is 1. The number of aromatic nitrogens is 2. The van der Waals surface area contributed by atoms with E-state index in [0.717, 1.165) is 29.3 Å². The molecule has 1 fully saturated rings. The second kappa shape index (κ2) is 5.80. The van der Waals surface area contributed by atoms with Gasteiger partial charge in [-0.05, 0) is 61.4 Å². The summed E-state index contributed by atoms with van der Waals surface area (Å²) in [5, 5.41) is 0.744. The van der Waals surface area contributed by atoms with Crippen LogP contribution < -0.4 is 0 Å². The number of hydrogen-bond acceptors (Lipinski definition) is 1. The number of fused-ring (bicyclic) bond motifs is 1. The molecule has 118 valence electrons. The molecule has 4 rings (SSSR count). The largest absolute Gasteiger partial charge is 0.344 e. The summed E-state index contributed by atoms with van der Waals surface area (Å²) in [5.74, 6) is 0.428. The minimum atomic E-state index is -0.121. The van der Waals surface area contributed by atoms with E-state index in [1.807, 2.05) is 30.6 Å². The van der Waals surface area contributed by atoms with Gasteiger partial charge in [0.15, 0.2) is 0 Å². The Morgan fingerprint density at radius 2 is 2.09 bits per heavy atom. The summed E-state index contributed by atoms with van der Waals surface area (Å²) in [6.45, 7) is 2.07. The minimum Gasteiger partial charge on any atom is -0.344 e. The number of rotatable bonds is 2. The fourth-order valence-electron chi connectivity index (χ4n) is 4.06. The van der Waals surface area contributed by atoms with Crippen LogP contribution in [0.4, 0.5) is 4.39 Å². The first kappa shape index (κ1) is 14.4. The van der Waals surface area contributed by atoms with Crippen LogP contribution in [0.25, 0.3) is 10.9 Å². The lowest BCUT2D eigenvalue weighted by molar-refractivity contribution is 0.325. The van der Waals surface area contributed by atoms with Crippen LogP contribution in [0.3, 0.4) is 0 Å². The molecule has 1 aliphatic carbocycles. The smallest absolute Gasteiger partial charge is 0.132 e. The molecule has 2 heterocycles. The summed E-state index contributed by atoms with van der Waals surface area (Å²) in [7, 11) is 0. The highest BCUT2D eigenvalue weighted by molar-refractivity contribution is 5.84. The lowest BCUT2D eigenvalue weighted by atomic mass is 9.82. The molecule has 0 amide bonds. The van der Waals surface area contributed by atoms with E-state index < -0.39 is 0 Å². The predicted molar refractivity (Wildman–Crippen MR) is 91.1 cm³/mol. The molecule has 2 atom stereocenters. The standard InChI is InChI=1S/C20H21FN2/c1-14-7-8-19(21)18-9-11-23(20(14)18)17-6-2-4-15(12-17)16-5-3-10-22-13-16/h3,5,7-11,13,15,17H,2,4,6,12H2,1H3/t15-,17+/m0/s1. The minimum absolute atomic E-state index is 0.121. The van der Waals surface area contributed by atoms with Gasteiger partial charge in [-0.15, -0.1) is 0 Å². The average Bonchev–Trinajstić information content (AvgIpc) is 3.06. The van der Waals surface area contributed by atoms with Crippen molar-refractivity contribution in [1.82, 2.24) is 9.55 Å². The molecule has 0 radical (unpaired) electrons. The zero-order valence-electron chi connectivity index (χ0n) is 13.4. The van der Waals surface area contributed by atoms with Crippen LogP contribution in [0.5, 0.6) is 0 Å². The summed E-state index contributed by atoms with van der Waals surface area (Å²) >= 11 is 0. The van der Waals surface area contributed by atoms with Gasteiger partial charge in [-0.2, -0.15) is 0 Å². The van der Waals surface area contributed by atoms with Crippen LogP contribution in [-0.2, 0) is 0 Å². The van der Waals surface area contributed by atoms with E-state index in [2.05, 4.69) is 28.7 Å². The molecule has 0 spiro atoms. The van der Waals surface area contributed by atoms with Crippen LogP contribution in [0.1, 0.15) is 48.8 Å². The van der Waals surface area contributed by atoms with Crippen LogP contribution in [0.2, 0.25) is 0 Å². The van der Waals surface area contributed by atoms with E-state index >= 15 is 0 Å². The highest BCUT2D eigenvalue weighted by Crippen LogP contribution is 2.40. The molecule has 3 heteroatoms. The van der Waals surface area contributed by atoms with Gasteiger partial charge < -0.3 is 4.57 Å².